The third-order valence-electron chi connectivity index (χ3n) is 6.43. The van der Waals surface area contributed by atoms with Gasteiger partial charge in [0.1, 0.15) is 5.01 Å². The van der Waals surface area contributed by atoms with Crippen LogP contribution in [0.15, 0.2) is 36.4 Å². The Morgan fingerprint density at radius 2 is 1.94 bits per heavy atom. The number of carbonyl (C=O) groups excluding carboxylic acids is 3. The van der Waals surface area contributed by atoms with Crippen molar-refractivity contribution in [3.05, 3.63) is 57.1 Å². The van der Waals surface area contributed by atoms with E-state index in [1.807, 2.05) is 12.2 Å². The Morgan fingerprint density at radius 1 is 1.25 bits per heavy atom. The zero-order valence-corrected chi connectivity index (χ0v) is 17.8. The Morgan fingerprint density at radius 3 is 2.53 bits per heavy atom. The topological polar surface area (TPSA) is 135 Å². The minimum absolute atomic E-state index is 0.0235. The number of imide groups is 1. The molecule has 3 amide bonds. The fourth-order valence-corrected chi connectivity index (χ4v) is 5.74. The fraction of sp³-hybridized carbons (Fsp3) is 0.381. The maximum atomic E-state index is 13.3. The Hall–Kier alpha value is -3.47. The lowest BCUT2D eigenvalue weighted by Crippen LogP contribution is -2.38. The molecular formula is C21H19N5O5S. The van der Waals surface area contributed by atoms with Crippen LogP contribution in [0.1, 0.15) is 29.5 Å². The van der Waals surface area contributed by atoms with E-state index in [0.29, 0.717) is 15.7 Å². The summed E-state index contributed by atoms with van der Waals surface area (Å²) in [7, 11) is 0. The molecule has 0 radical (unpaired) electrons. The van der Waals surface area contributed by atoms with Crippen molar-refractivity contribution in [2.75, 3.05) is 5.32 Å². The molecule has 2 heterocycles. The SMILES string of the molecule is Cc1nnc(NC(=O)CC(c2cccc([N+](=O)[O-])c2)N2C(=O)C3C4C=CC(C4)C3C2=O)s1. The number of anilines is 1. The zero-order chi connectivity index (χ0) is 22.6. The number of aromatic nitrogens is 2. The molecule has 164 valence electrons. The molecular weight excluding hydrogens is 434 g/mol. The van der Waals surface area contributed by atoms with Crippen molar-refractivity contribution in [2.24, 2.45) is 23.7 Å². The van der Waals surface area contributed by atoms with Gasteiger partial charge >= 0.3 is 0 Å². The molecule has 5 rings (SSSR count). The van der Waals surface area contributed by atoms with Crippen LogP contribution in [0.3, 0.4) is 0 Å². The number of amides is 3. The summed E-state index contributed by atoms with van der Waals surface area (Å²) in [4.78, 5) is 51.4. The Balaban J connectivity index is 1.48. The normalized spacial score (nSPS) is 26.5. The van der Waals surface area contributed by atoms with E-state index in [9.17, 15) is 24.5 Å². The second-order valence-electron chi connectivity index (χ2n) is 8.29. The molecule has 11 heteroatoms. The highest BCUT2D eigenvalue weighted by Crippen LogP contribution is 2.54. The highest BCUT2D eigenvalue weighted by molar-refractivity contribution is 7.15. The molecule has 32 heavy (non-hydrogen) atoms. The summed E-state index contributed by atoms with van der Waals surface area (Å²) in [5.41, 5.74) is 0.193. The first-order chi connectivity index (χ1) is 15.3. The summed E-state index contributed by atoms with van der Waals surface area (Å²) in [5, 5.41) is 22.7. The molecule has 1 saturated heterocycles. The third-order valence-corrected chi connectivity index (χ3v) is 7.19. The van der Waals surface area contributed by atoms with Crippen molar-refractivity contribution in [3.8, 4) is 0 Å². The number of aryl methyl sites for hydroxylation is 1. The number of carbonyl (C=O) groups is 3. The monoisotopic (exact) mass is 453 g/mol. The largest absolute Gasteiger partial charge is 0.300 e. The lowest BCUT2D eigenvalue weighted by Gasteiger charge is -2.27. The van der Waals surface area contributed by atoms with Crippen LogP contribution in [-0.2, 0) is 14.4 Å². The second kappa shape index (κ2) is 7.59. The quantitative estimate of drug-likeness (QED) is 0.307. The average Bonchev–Trinajstić information content (AvgIpc) is 3.52. The maximum Gasteiger partial charge on any atom is 0.269 e. The number of benzene rings is 1. The summed E-state index contributed by atoms with van der Waals surface area (Å²) >= 11 is 1.20. The summed E-state index contributed by atoms with van der Waals surface area (Å²) < 4.78 is 0. The second-order valence-corrected chi connectivity index (χ2v) is 9.47. The van der Waals surface area contributed by atoms with Crippen LogP contribution in [0.2, 0.25) is 0 Å². The van der Waals surface area contributed by atoms with Crippen molar-refractivity contribution in [1.29, 1.82) is 0 Å². The molecule has 1 aromatic carbocycles. The van der Waals surface area contributed by atoms with Crippen molar-refractivity contribution < 1.29 is 19.3 Å². The Bertz CT molecular complexity index is 1150. The molecule has 5 atom stereocenters. The van der Waals surface area contributed by atoms with Gasteiger partial charge in [-0.1, -0.05) is 35.6 Å². The molecule has 1 N–H and O–H groups in total. The average molecular weight is 453 g/mol. The van der Waals surface area contributed by atoms with E-state index in [0.717, 1.165) is 11.3 Å². The molecule has 2 aliphatic carbocycles. The molecule has 1 aromatic heterocycles. The number of rotatable bonds is 6. The molecule has 3 aliphatic rings. The van der Waals surface area contributed by atoms with Gasteiger partial charge in [-0.2, -0.15) is 0 Å². The Kier molecular flexibility index (Phi) is 4.85. The van der Waals surface area contributed by atoms with Crippen LogP contribution in [0, 0.1) is 40.7 Å². The van der Waals surface area contributed by atoms with Crippen LogP contribution < -0.4 is 5.32 Å². The molecule has 1 saturated carbocycles. The fourth-order valence-electron chi connectivity index (χ4n) is 5.13. The standard InChI is InChI=1S/C21H19N5O5S/c1-10-23-24-21(32-10)22-16(27)9-15(11-3-2-4-14(8-11)26(30)31)25-19(28)17-12-5-6-13(7-12)18(17)20(25)29/h2-6,8,12-13,15,17-18H,7,9H2,1H3,(H,22,24,27). The zero-order valence-electron chi connectivity index (χ0n) is 17.0. The van der Waals surface area contributed by atoms with Gasteiger partial charge in [0, 0.05) is 12.1 Å². The first kappa shape index (κ1) is 20.4. The smallest absolute Gasteiger partial charge is 0.269 e. The third kappa shape index (κ3) is 3.29. The van der Waals surface area contributed by atoms with Gasteiger partial charge in [0.15, 0.2) is 0 Å². The lowest BCUT2D eigenvalue weighted by molar-refractivity contribution is -0.385. The predicted octanol–water partition coefficient (Wildman–Crippen LogP) is 2.63. The molecule has 2 aromatic rings. The van der Waals surface area contributed by atoms with Crippen LogP contribution >= 0.6 is 11.3 Å². The van der Waals surface area contributed by atoms with Crippen LogP contribution in [0.25, 0.3) is 0 Å². The minimum atomic E-state index is -0.950. The number of fused-ring (bicyclic) bond motifs is 5. The molecule has 0 spiro atoms. The molecule has 5 unspecified atom stereocenters. The first-order valence-corrected chi connectivity index (χ1v) is 11.0. The maximum absolute atomic E-state index is 13.3. The highest BCUT2D eigenvalue weighted by atomic mass is 32.1. The molecule has 1 aliphatic heterocycles. The number of non-ortho nitro benzene ring substituents is 1. The number of nitrogens with one attached hydrogen (secondary N) is 1. The van der Waals surface area contributed by atoms with Gasteiger partial charge in [-0.3, -0.25) is 29.4 Å². The van der Waals surface area contributed by atoms with Gasteiger partial charge in [-0.25, -0.2) is 0 Å². The minimum Gasteiger partial charge on any atom is -0.300 e. The van der Waals surface area contributed by atoms with E-state index >= 15 is 0 Å². The number of likely N-dealkylation sites (tertiary alicyclic amines) is 1. The van der Waals surface area contributed by atoms with Gasteiger partial charge in [-0.05, 0) is 30.7 Å². The highest BCUT2D eigenvalue weighted by Gasteiger charge is 2.60. The van der Waals surface area contributed by atoms with Gasteiger partial charge in [0.25, 0.3) is 5.69 Å². The molecule has 2 fully saturated rings. The van der Waals surface area contributed by atoms with Crippen molar-refractivity contribution in [2.45, 2.75) is 25.8 Å². The van der Waals surface area contributed by atoms with Crippen molar-refractivity contribution in [3.63, 3.8) is 0 Å². The van der Waals surface area contributed by atoms with Gasteiger partial charge in [-0.15, -0.1) is 10.2 Å². The number of hydrogen-bond donors (Lipinski definition) is 1. The van der Waals surface area contributed by atoms with Gasteiger partial charge in [0.05, 0.1) is 29.2 Å². The van der Waals surface area contributed by atoms with Crippen LogP contribution in [0.4, 0.5) is 10.8 Å². The summed E-state index contributed by atoms with van der Waals surface area (Å²) in [6.07, 6.45) is 4.54. The number of hydrogen-bond acceptors (Lipinski definition) is 8. The van der Waals surface area contributed by atoms with E-state index < -0.39 is 28.7 Å². The van der Waals surface area contributed by atoms with E-state index in [1.165, 1.54) is 29.5 Å². The predicted molar refractivity (Wildman–Crippen MR) is 113 cm³/mol. The lowest BCUT2D eigenvalue weighted by atomic mass is 9.85. The number of nitrogens with zero attached hydrogens (tertiary/aromatic N) is 4. The molecule has 10 nitrogen and oxygen atoms in total. The molecule has 2 bridgehead atoms. The summed E-state index contributed by atoms with van der Waals surface area (Å²) in [5.74, 6) is -1.89. The van der Waals surface area contributed by atoms with Crippen molar-refractivity contribution in [1.82, 2.24) is 15.1 Å². The van der Waals surface area contributed by atoms with E-state index in [-0.39, 0.29) is 35.8 Å². The van der Waals surface area contributed by atoms with Gasteiger partial charge < -0.3 is 5.32 Å². The van der Waals surface area contributed by atoms with E-state index in [4.69, 9.17) is 0 Å². The van der Waals surface area contributed by atoms with Crippen molar-refractivity contribution >= 4 is 39.9 Å². The Labute approximate surface area is 186 Å². The van der Waals surface area contributed by atoms with Gasteiger partial charge in [0.2, 0.25) is 22.9 Å². The number of nitro benzene ring substituents is 1. The van der Waals surface area contributed by atoms with E-state index in [2.05, 4.69) is 15.5 Å². The summed E-state index contributed by atoms with van der Waals surface area (Å²) in [6.45, 7) is 1.75. The van der Waals surface area contributed by atoms with Crippen LogP contribution in [0.5, 0.6) is 0 Å². The summed E-state index contributed by atoms with van der Waals surface area (Å²) in [6, 6.07) is 4.78. The van der Waals surface area contributed by atoms with E-state index in [1.54, 1.807) is 13.0 Å². The first-order valence-electron chi connectivity index (χ1n) is 10.2. The number of allylic oxidation sites excluding steroid dienone is 2. The van der Waals surface area contributed by atoms with Crippen LogP contribution in [-0.4, -0.2) is 37.7 Å². The number of nitro groups is 1.